The van der Waals surface area contributed by atoms with Gasteiger partial charge in [-0.3, -0.25) is 0 Å². The van der Waals surface area contributed by atoms with Crippen LogP contribution in [0.4, 0.5) is 14.9 Å². The number of carbonyl (C=O) groups excluding carboxylic acids is 1. The molecule has 5 nitrogen and oxygen atoms in total. The smallest absolute Gasteiger partial charge is 0.319 e. The van der Waals surface area contributed by atoms with Gasteiger partial charge in [0.25, 0.3) is 0 Å². The van der Waals surface area contributed by atoms with Gasteiger partial charge in [-0.2, -0.15) is 5.26 Å². The van der Waals surface area contributed by atoms with E-state index in [9.17, 15) is 14.3 Å². The maximum Gasteiger partial charge on any atom is 0.319 e. The molecular formula is C16H13ClFN3O2. The molecule has 23 heavy (non-hydrogen) atoms. The first kappa shape index (κ1) is 16.7. The molecule has 0 saturated carbocycles. The van der Waals surface area contributed by atoms with E-state index < -0.39 is 17.9 Å². The summed E-state index contributed by atoms with van der Waals surface area (Å²) >= 11 is 5.79. The van der Waals surface area contributed by atoms with E-state index >= 15 is 0 Å². The number of rotatable bonds is 4. The molecule has 1 unspecified atom stereocenters. The molecule has 0 aliphatic carbocycles. The van der Waals surface area contributed by atoms with Gasteiger partial charge >= 0.3 is 6.03 Å². The standard InChI is InChI=1S/C16H13ClFN3O2/c17-12-3-1-10(2-4-12)15(9-22)21-16(23)20-13-5-6-14(18)11(7-13)8-19/h1-7,15,22H,9H2,(H2,20,21,23). The van der Waals surface area contributed by atoms with E-state index in [1.807, 2.05) is 0 Å². The van der Waals surface area contributed by atoms with Gasteiger partial charge in [-0.25, -0.2) is 9.18 Å². The Morgan fingerprint density at radius 1 is 1.30 bits per heavy atom. The number of nitriles is 1. The number of amides is 2. The van der Waals surface area contributed by atoms with E-state index in [4.69, 9.17) is 16.9 Å². The number of anilines is 1. The summed E-state index contributed by atoms with van der Waals surface area (Å²) < 4.78 is 13.2. The first-order valence-corrected chi connectivity index (χ1v) is 7.04. The summed E-state index contributed by atoms with van der Waals surface area (Å²) in [5.74, 6) is -0.659. The molecule has 0 radical (unpaired) electrons. The van der Waals surface area contributed by atoms with Crippen LogP contribution >= 0.6 is 11.6 Å². The van der Waals surface area contributed by atoms with Crippen LogP contribution < -0.4 is 10.6 Å². The van der Waals surface area contributed by atoms with Crippen LogP contribution in [-0.4, -0.2) is 17.7 Å². The number of nitrogens with zero attached hydrogens (tertiary/aromatic N) is 1. The van der Waals surface area contributed by atoms with Crippen molar-refractivity contribution < 1.29 is 14.3 Å². The molecule has 0 fully saturated rings. The summed E-state index contributed by atoms with van der Waals surface area (Å²) in [6.45, 7) is -0.304. The molecule has 3 N–H and O–H groups in total. The highest BCUT2D eigenvalue weighted by Gasteiger charge is 2.14. The molecule has 0 saturated heterocycles. The van der Waals surface area contributed by atoms with Gasteiger partial charge in [0.2, 0.25) is 0 Å². The molecule has 0 aliphatic rings. The molecule has 2 aromatic carbocycles. The van der Waals surface area contributed by atoms with Gasteiger partial charge < -0.3 is 15.7 Å². The van der Waals surface area contributed by atoms with Gasteiger partial charge in [0.05, 0.1) is 18.2 Å². The predicted octanol–water partition coefficient (Wildman–Crippen LogP) is 3.21. The normalized spacial score (nSPS) is 11.4. The third kappa shape index (κ3) is 4.42. The second kappa shape index (κ2) is 7.58. The fraction of sp³-hybridized carbons (Fsp3) is 0.125. The van der Waals surface area contributed by atoms with Crippen molar-refractivity contribution in [1.29, 1.82) is 5.26 Å². The number of hydrogen-bond acceptors (Lipinski definition) is 3. The van der Waals surface area contributed by atoms with E-state index in [1.165, 1.54) is 12.1 Å². The van der Waals surface area contributed by atoms with E-state index in [0.29, 0.717) is 10.6 Å². The number of nitrogens with one attached hydrogen (secondary N) is 2. The van der Waals surface area contributed by atoms with Crippen LogP contribution in [0.2, 0.25) is 5.02 Å². The summed E-state index contributed by atoms with van der Waals surface area (Å²) in [6.07, 6.45) is 0. The lowest BCUT2D eigenvalue weighted by Gasteiger charge is -2.17. The Balaban J connectivity index is 2.06. The number of benzene rings is 2. The number of aliphatic hydroxyl groups is 1. The largest absolute Gasteiger partial charge is 0.394 e. The average molecular weight is 334 g/mol. The Labute approximate surface area is 137 Å². The highest BCUT2D eigenvalue weighted by Crippen LogP contribution is 2.17. The molecule has 0 bridgehead atoms. The van der Waals surface area contributed by atoms with Crippen LogP contribution in [0.3, 0.4) is 0 Å². The second-order valence-corrected chi connectivity index (χ2v) is 5.13. The summed E-state index contributed by atoms with van der Waals surface area (Å²) in [4.78, 5) is 12.0. The van der Waals surface area contributed by atoms with Crippen molar-refractivity contribution in [2.45, 2.75) is 6.04 Å². The van der Waals surface area contributed by atoms with Gasteiger partial charge in [0.1, 0.15) is 11.9 Å². The lowest BCUT2D eigenvalue weighted by atomic mass is 10.1. The van der Waals surface area contributed by atoms with Crippen molar-refractivity contribution in [1.82, 2.24) is 5.32 Å². The van der Waals surface area contributed by atoms with Crippen LogP contribution in [0.25, 0.3) is 0 Å². The fourth-order valence-corrected chi connectivity index (χ4v) is 2.07. The van der Waals surface area contributed by atoms with Crippen molar-refractivity contribution in [2.75, 3.05) is 11.9 Å². The van der Waals surface area contributed by atoms with Gasteiger partial charge in [-0.15, -0.1) is 0 Å². The number of aliphatic hydroxyl groups excluding tert-OH is 1. The minimum atomic E-state index is -0.659. The Morgan fingerprint density at radius 3 is 2.61 bits per heavy atom. The van der Waals surface area contributed by atoms with Gasteiger partial charge in [0.15, 0.2) is 0 Å². The first-order valence-electron chi connectivity index (χ1n) is 6.67. The molecule has 0 aliphatic heterocycles. The highest BCUT2D eigenvalue weighted by molar-refractivity contribution is 6.30. The van der Waals surface area contributed by atoms with Crippen molar-refractivity contribution in [2.24, 2.45) is 0 Å². The average Bonchev–Trinajstić information content (AvgIpc) is 2.55. The molecule has 0 spiro atoms. The Morgan fingerprint density at radius 2 is 2.00 bits per heavy atom. The molecule has 1 atom stereocenters. The van der Waals surface area contributed by atoms with Crippen LogP contribution in [0.1, 0.15) is 17.2 Å². The zero-order valence-corrected chi connectivity index (χ0v) is 12.6. The zero-order valence-electron chi connectivity index (χ0n) is 11.9. The fourth-order valence-electron chi connectivity index (χ4n) is 1.94. The van der Waals surface area contributed by atoms with Gasteiger partial charge in [-0.05, 0) is 35.9 Å². The summed E-state index contributed by atoms with van der Waals surface area (Å²) in [6, 6.07) is 10.8. The van der Waals surface area contributed by atoms with Crippen molar-refractivity contribution in [3.63, 3.8) is 0 Å². The van der Waals surface area contributed by atoms with E-state index in [0.717, 1.165) is 6.07 Å². The number of halogens is 2. The Bertz CT molecular complexity index is 744. The number of hydrogen-bond donors (Lipinski definition) is 3. The molecule has 2 amide bonds. The number of urea groups is 1. The van der Waals surface area contributed by atoms with Crippen molar-refractivity contribution in [3.05, 3.63) is 64.4 Å². The predicted molar refractivity (Wildman–Crippen MR) is 84.5 cm³/mol. The minimum Gasteiger partial charge on any atom is -0.394 e. The highest BCUT2D eigenvalue weighted by atomic mass is 35.5. The third-order valence-corrected chi connectivity index (χ3v) is 3.36. The van der Waals surface area contributed by atoms with Crippen molar-refractivity contribution >= 4 is 23.3 Å². The van der Waals surface area contributed by atoms with E-state index in [2.05, 4.69) is 10.6 Å². The minimum absolute atomic E-state index is 0.167. The molecule has 2 aromatic rings. The summed E-state index contributed by atoms with van der Waals surface area (Å²) in [5, 5.41) is 23.8. The van der Waals surface area contributed by atoms with Crippen LogP contribution in [0.15, 0.2) is 42.5 Å². The third-order valence-electron chi connectivity index (χ3n) is 3.10. The maximum absolute atomic E-state index is 13.2. The molecular weight excluding hydrogens is 321 g/mol. The van der Waals surface area contributed by atoms with E-state index in [-0.39, 0.29) is 17.9 Å². The van der Waals surface area contributed by atoms with Crippen LogP contribution in [0.5, 0.6) is 0 Å². The molecule has 2 rings (SSSR count). The van der Waals surface area contributed by atoms with Gasteiger partial charge in [0, 0.05) is 10.7 Å². The van der Waals surface area contributed by atoms with Crippen molar-refractivity contribution in [3.8, 4) is 6.07 Å². The monoisotopic (exact) mass is 333 g/mol. The van der Waals surface area contributed by atoms with Gasteiger partial charge in [-0.1, -0.05) is 23.7 Å². The quantitative estimate of drug-likeness (QED) is 0.803. The SMILES string of the molecule is N#Cc1cc(NC(=O)NC(CO)c2ccc(Cl)cc2)ccc1F. The second-order valence-electron chi connectivity index (χ2n) is 4.69. The first-order chi connectivity index (χ1) is 11.0. The number of carbonyl (C=O) groups is 1. The summed E-state index contributed by atoms with van der Waals surface area (Å²) in [5.41, 5.74) is 0.788. The molecule has 0 aromatic heterocycles. The van der Waals surface area contributed by atoms with E-state index in [1.54, 1.807) is 30.3 Å². The maximum atomic E-state index is 13.2. The molecule has 7 heteroatoms. The van der Waals surface area contributed by atoms with Crippen LogP contribution in [0, 0.1) is 17.1 Å². The Hall–Kier alpha value is -2.62. The zero-order chi connectivity index (χ0) is 16.8. The van der Waals surface area contributed by atoms with Crippen LogP contribution in [-0.2, 0) is 0 Å². The topological polar surface area (TPSA) is 85.2 Å². The summed E-state index contributed by atoms with van der Waals surface area (Å²) in [7, 11) is 0. The molecule has 0 heterocycles. The lowest BCUT2D eigenvalue weighted by Crippen LogP contribution is -2.34. The molecule has 118 valence electrons. The lowest BCUT2D eigenvalue weighted by molar-refractivity contribution is 0.225. The Kier molecular flexibility index (Phi) is 5.52.